The molecule has 1 aromatic heterocycles. The van der Waals surface area contributed by atoms with E-state index in [0.29, 0.717) is 12.5 Å². The second-order valence-corrected chi connectivity index (χ2v) is 6.67. The summed E-state index contributed by atoms with van der Waals surface area (Å²) in [6.45, 7) is 1.41. The minimum absolute atomic E-state index is 0.654. The normalized spacial score (nSPS) is 16.9. The molecule has 1 aromatic carbocycles. The van der Waals surface area contributed by atoms with Crippen LogP contribution in [0.25, 0.3) is 0 Å². The van der Waals surface area contributed by atoms with Gasteiger partial charge >= 0.3 is 0 Å². The number of benzene rings is 1. The minimum atomic E-state index is 0.654. The molecular weight excluding hydrogens is 294 g/mol. The maximum Gasteiger partial charge on any atom is 0.205 e. The third-order valence-electron chi connectivity index (χ3n) is 3.62. The average molecular weight is 308 g/mol. The van der Waals surface area contributed by atoms with Crippen LogP contribution in [0.4, 0.5) is 5.13 Å². The summed E-state index contributed by atoms with van der Waals surface area (Å²) in [6.07, 6.45) is 3.45. The molecule has 0 atom stereocenters. The standard InChI is InChI=1S/C14H14ClN3OS/c15-11-5-9-3-4-19-12(9)10(6-11)7-16-14-18-17-13(20-14)8-1-2-8/h5-6,8H,1-4,7H2,(H,16,18). The number of aromatic nitrogens is 2. The van der Waals surface area contributed by atoms with Gasteiger partial charge in [0.25, 0.3) is 0 Å². The summed E-state index contributed by atoms with van der Waals surface area (Å²) in [7, 11) is 0. The monoisotopic (exact) mass is 307 g/mol. The van der Waals surface area contributed by atoms with E-state index in [9.17, 15) is 0 Å². The second kappa shape index (κ2) is 4.90. The Bertz CT molecular complexity index is 654. The first-order valence-corrected chi connectivity index (χ1v) is 8.00. The largest absolute Gasteiger partial charge is 0.493 e. The Balaban J connectivity index is 1.51. The lowest BCUT2D eigenvalue weighted by atomic mass is 10.1. The molecule has 2 heterocycles. The molecule has 4 rings (SSSR count). The third-order valence-corrected chi connectivity index (χ3v) is 4.88. The molecule has 0 saturated heterocycles. The van der Waals surface area contributed by atoms with Crippen LogP contribution < -0.4 is 10.1 Å². The van der Waals surface area contributed by atoms with Crippen molar-refractivity contribution in [3.8, 4) is 5.75 Å². The predicted molar refractivity (Wildman–Crippen MR) is 79.9 cm³/mol. The van der Waals surface area contributed by atoms with Gasteiger partial charge in [-0.3, -0.25) is 0 Å². The van der Waals surface area contributed by atoms with Crippen LogP contribution in [0.3, 0.4) is 0 Å². The van der Waals surface area contributed by atoms with E-state index < -0.39 is 0 Å². The maximum absolute atomic E-state index is 6.16. The summed E-state index contributed by atoms with van der Waals surface area (Å²) in [5.74, 6) is 1.63. The van der Waals surface area contributed by atoms with E-state index in [1.54, 1.807) is 11.3 Å². The molecule has 0 spiro atoms. The highest BCUT2D eigenvalue weighted by Gasteiger charge is 2.27. The van der Waals surface area contributed by atoms with Gasteiger partial charge in [-0.2, -0.15) is 0 Å². The number of nitrogens with one attached hydrogen (secondary N) is 1. The van der Waals surface area contributed by atoms with Gasteiger partial charge in [-0.15, -0.1) is 10.2 Å². The van der Waals surface area contributed by atoms with Crippen LogP contribution in [-0.2, 0) is 13.0 Å². The summed E-state index contributed by atoms with van der Waals surface area (Å²) in [4.78, 5) is 0. The van der Waals surface area contributed by atoms with E-state index >= 15 is 0 Å². The number of hydrogen-bond acceptors (Lipinski definition) is 5. The zero-order valence-electron chi connectivity index (χ0n) is 10.9. The van der Waals surface area contributed by atoms with Crippen LogP contribution >= 0.6 is 22.9 Å². The topological polar surface area (TPSA) is 47.0 Å². The lowest BCUT2D eigenvalue weighted by Crippen LogP contribution is -2.01. The molecule has 20 heavy (non-hydrogen) atoms. The van der Waals surface area contributed by atoms with Crippen LogP contribution in [0, 0.1) is 0 Å². The Hall–Kier alpha value is -1.33. The highest BCUT2D eigenvalue weighted by Crippen LogP contribution is 2.42. The van der Waals surface area contributed by atoms with Crippen LogP contribution in [-0.4, -0.2) is 16.8 Å². The molecule has 1 saturated carbocycles. The van der Waals surface area contributed by atoms with Gasteiger partial charge in [0, 0.05) is 29.5 Å². The summed E-state index contributed by atoms with van der Waals surface area (Å²) >= 11 is 7.81. The van der Waals surface area contributed by atoms with Crippen LogP contribution in [0.1, 0.15) is 34.9 Å². The zero-order valence-corrected chi connectivity index (χ0v) is 12.4. The van der Waals surface area contributed by atoms with E-state index in [2.05, 4.69) is 15.5 Å². The highest BCUT2D eigenvalue weighted by molar-refractivity contribution is 7.15. The molecule has 1 N–H and O–H groups in total. The van der Waals surface area contributed by atoms with Crippen molar-refractivity contribution in [3.05, 3.63) is 33.3 Å². The Labute approximate surface area is 126 Å². The first-order chi connectivity index (χ1) is 9.79. The van der Waals surface area contributed by atoms with E-state index in [4.69, 9.17) is 16.3 Å². The van der Waals surface area contributed by atoms with Gasteiger partial charge in [0.15, 0.2) is 0 Å². The number of anilines is 1. The molecule has 2 aliphatic rings. The summed E-state index contributed by atoms with van der Waals surface area (Å²) in [5, 5.41) is 14.5. The van der Waals surface area contributed by atoms with Crippen molar-refractivity contribution in [2.24, 2.45) is 0 Å². The molecule has 104 valence electrons. The fourth-order valence-electron chi connectivity index (χ4n) is 2.45. The van der Waals surface area contributed by atoms with Gasteiger partial charge in [0.1, 0.15) is 10.8 Å². The molecule has 2 aromatic rings. The van der Waals surface area contributed by atoms with Crippen molar-refractivity contribution >= 4 is 28.1 Å². The Morgan fingerprint density at radius 1 is 1.35 bits per heavy atom. The van der Waals surface area contributed by atoms with E-state index in [-0.39, 0.29) is 0 Å². The predicted octanol–water partition coefficient (Wildman–Crippen LogP) is 3.62. The molecule has 0 radical (unpaired) electrons. The number of nitrogens with zero attached hydrogens (tertiary/aromatic N) is 2. The zero-order chi connectivity index (χ0) is 13.5. The van der Waals surface area contributed by atoms with Gasteiger partial charge in [-0.05, 0) is 30.5 Å². The Morgan fingerprint density at radius 2 is 2.25 bits per heavy atom. The smallest absolute Gasteiger partial charge is 0.205 e. The van der Waals surface area contributed by atoms with E-state index in [1.807, 2.05) is 12.1 Å². The summed E-state index contributed by atoms with van der Waals surface area (Å²) in [5.41, 5.74) is 2.29. The number of ether oxygens (including phenoxy) is 1. The molecular formula is C14H14ClN3OS. The molecule has 0 amide bonds. The fraction of sp³-hybridized carbons (Fsp3) is 0.429. The molecule has 1 aliphatic carbocycles. The number of hydrogen-bond donors (Lipinski definition) is 1. The van der Waals surface area contributed by atoms with Crippen LogP contribution in [0.15, 0.2) is 12.1 Å². The quantitative estimate of drug-likeness (QED) is 0.937. The van der Waals surface area contributed by atoms with Crippen LogP contribution in [0.2, 0.25) is 5.02 Å². The minimum Gasteiger partial charge on any atom is -0.493 e. The Kier molecular flexibility index (Phi) is 3.04. The summed E-state index contributed by atoms with van der Waals surface area (Å²) < 4.78 is 5.70. The van der Waals surface area contributed by atoms with Gasteiger partial charge in [0.2, 0.25) is 5.13 Å². The average Bonchev–Trinajstić information content (AvgIpc) is 2.99. The van der Waals surface area contributed by atoms with Crippen molar-refractivity contribution in [3.63, 3.8) is 0 Å². The molecule has 0 bridgehead atoms. The molecule has 1 fully saturated rings. The molecule has 4 nitrogen and oxygen atoms in total. The van der Waals surface area contributed by atoms with Gasteiger partial charge in [0.05, 0.1) is 6.61 Å². The van der Waals surface area contributed by atoms with Gasteiger partial charge in [-0.1, -0.05) is 22.9 Å². The van der Waals surface area contributed by atoms with E-state index in [0.717, 1.165) is 39.5 Å². The van der Waals surface area contributed by atoms with Crippen molar-refractivity contribution in [1.82, 2.24) is 10.2 Å². The maximum atomic E-state index is 6.16. The molecule has 0 unspecified atom stereocenters. The summed E-state index contributed by atoms with van der Waals surface area (Å²) in [6, 6.07) is 3.95. The van der Waals surface area contributed by atoms with Gasteiger partial charge < -0.3 is 10.1 Å². The number of fused-ring (bicyclic) bond motifs is 1. The van der Waals surface area contributed by atoms with Crippen molar-refractivity contribution in [2.75, 3.05) is 11.9 Å². The van der Waals surface area contributed by atoms with Crippen molar-refractivity contribution < 1.29 is 4.74 Å². The molecule has 6 heteroatoms. The highest BCUT2D eigenvalue weighted by atomic mass is 35.5. The first-order valence-electron chi connectivity index (χ1n) is 6.81. The number of rotatable bonds is 4. The van der Waals surface area contributed by atoms with Gasteiger partial charge in [-0.25, -0.2) is 0 Å². The third kappa shape index (κ3) is 2.36. The lowest BCUT2D eigenvalue weighted by Gasteiger charge is -2.09. The lowest BCUT2D eigenvalue weighted by molar-refractivity contribution is 0.354. The van der Waals surface area contributed by atoms with Crippen molar-refractivity contribution in [2.45, 2.75) is 31.7 Å². The number of halogens is 1. The molecule has 1 aliphatic heterocycles. The Morgan fingerprint density at radius 3 is 3.10 bits per heavy atom. The fourth-order valence-corrected chi connectivity index (χ4v) is 3.62. The second-order valence-electron chi connectivity index (χ2n) is 5.22. The van der Waals surface area contributed by atoms with Crippen LogP contribution in [0.5, 0.6) is 5.75 Å². The SMILES string of the molecule is Clc1cc2c(c(CNc3nnc(C4CC4)s3)c1)OCC2. The first kappa shape index (κ1) is 12.4. The van der Waals surface area contributed by atoms with Crippen molar-refractivity contribution in [1.29, 1.82) is 0 Å². The van der Waals surface area contributed by atoms with E-state index in [1.165, 1.54) is 18.4 Å².